The molecule has 0 aliphatic carbocycles. The van der Waals surface area contributed by atoms with Crippen molar-refractivity contribution in [2.75, 3.05) is 11.5 Å². The lowest BCUT2D eigenvalue weighted by Crippen LogP contribution is -2.03. The van der Waals surface area contributed by atoms with Crippen LogP contribution in [-0.2, 0) is 0 Å². The monoisotopic (exact) mass is 282 g/mol. The molecule has 0 unspecified atom stereocenters. The molecule has 0 radical (unpaired) electrons. The summed E-state index contributed by atoms with van der Waals surface area (Å²) in [5.74, 6) is 2.44. The molecular formula is C14H15ClO2S. The number of carbonyl (C=O) groups excluding carboxylic acids is 1. The Balaban J connectivity index is 2.11. The molecule has 0 aliphatic rings. The van der Waals surface area contributed by atoms with Crippen LogP contribution < -0.4 is 0 Å². The smallest absolute Gasteiger partial charge is 0.207 e. The number of thioether (sulfide) groups is 1. The van der Waals surface area contributed by atoms with E-state index in [2.05, 4.69) is 13.8 Å². The van der Waals surface area contributed by atoms with Crippen LogP contribution in [0.15, 0.2) is 28.7 Å². The van der Waals surface area contributed by atoms with E-state index < -0.39 is 0 Å². The van der Waals surface area contributed by atoms with Gasteiger partial charge in [-0.15, -0.1) is 0 Å². The van der Waals surface area contributed by atoms with Gasteiger partial charge in [0, 0.05) is 5.39 Å². The fraction of sp³-hybridized carbons (Fsp3) is 0.357. The molecule has 1 heterocycles. The van der Waals surface area contributed by atoms with Crippen molar-refractivity contribution in [1.29, 1.82) is 0 Å². The van der Waals surface area contributed by atoms with Crippen molar-refractivity contribution < 1.29 is 9.21 Å². The van der Waals surface area contributed by atoms with Crippen molar-refractivity contribution >= 4 is 40.1 Å². The van der Waals surface area contributed by atoms with Crippen LogP contribution in [0.5, 0.6) is 0 Å². The Hall–Kier alpha value is -0.930. The molecular weight excluding hydrogens is 268 g/mol. The first-order valence-corrected chi connectivity index (χ1v) is 7.40. The predicted molar refractivity (Wildman–Crippen MR) is 77.7 cm³/mol. The number of benzene rings is 1. The van der Waals surface area contributed by atoms with Crippen molar-refractivity contribution in [2.24, 2.45) is 5.92 Å². The second kappa shape index (κ2) is 5.81. The van der Waals surface area contributed by atoms with Gasteiger partial charge in [0.25, 0.3) is 0 Å². The topological polar surface area (TPSA) is 30.2 Å². The number of hydrogen-bond donors (Lipinski definition) is 0. The molecule has 0 N–H and O–H groups in total. The number of ketones is 1. The van der Waals surface area contributed by atoms with Crippen molar-refractivity contribution in [3.05, 3.63) is 35.0 Å². The summed E-state index contributed by atoms with van der Waals surface area (Å²) in [4.78, 5) is 11.9. The molecule has 1 aromatic carbocycles. The molecule has 96 valence electrons. The van der Waals surface area contributed by atoms with Crippen molar-refractivity contribution in [3.63, 3.8) is 0 Å². The summed E-state index contributed by atoms with van der Waals surface area (Å²) in [5, 5.41) is 1.42. The molecule has 18 heavy (non-hydrogen) atoms. The average Bonchev–Trinajstić information content (AvgIpc) is 2.74. The van der Waals surface area contributed by atoms with Gasteiger partial charge in [-0.1, -0.05) is 37.6 Å². The Morgan fingerprint density at radius 1 is 1.44 bits per heavy atom. The van der Waals surface area contributed by atoms with Crippen LogP contribution in [0.25, 0.3) is 11.0 Å². The minimum atomic E-state index is 0.0212. The summed E-state index contributed by atoms with van der Waals surface area (Å²) in [6.45, 7) is 4.27. The van der Waals surface area contributed by atoms with Gasteiger partial charge >= 0.3 is 0 Å². The Morgan fingerprint density at radius 3 is 2.89 bits per heavy atom. The Kier molecular flexibility index (Phi) is 4.36. The van der Waals surface area contributed by atoms with Crippen molar-refractivity contribution in [3.8, 4) is 0 Å². The summed E-state index contributed by atoms with van der Waals surface area (Å²) in [5.41, 5.74) is 0.594. The largest absolute Gasteiger partial charge is 0.451 e. The number of carbonyl (C=O) groups is 1. The predicted octanol–water partition coefficient (Wildman–Crippen LogP) is 4.66. The Morgan fingerprint density at radius 2 is 2.22 bits per heavy atom. The highest BCUT2D eigenvalue weighted by Crippen LogP contribution is 2.27. The highest BCUT2D eigenvalue weighted by atomic mass is 35.5. The number of Topliss-reactive ketones (excluding diaryl/α,β-unsaturated/α-hetero) is 1. The van der Waals surface area contributed by atoms with Gasteiger partial charge in [0.15, 0.2) is 11.3 Å². The van der Waals surface area contributed by atoms with E-state index in [1.807, 2.05) is 12.1 Å². The fourth-order valence-electron chi connectivity index (χ4n) is 1.62. The normalized spacial score (nSPS) is 11.3. The molecule has 4 heteroatoms. The van der Waals surface area contributed by atoms with Crippen LogP contribution >= 0.6 is 23.4 Å². The lowest BCUT2D eigenvalue weighted by Gasteiger charge is -2.02. The molecule has 2 aromatic rings. The maximum Gasteiger partial charge on any atom is 0.207 e. The van der Waals surface area contributed by atoms with E-state index in [0.29, 0.717) is 28.0 Å². The van der Waals surface area contributed by atoms with E-state index in [1.165, 1.54) is 0 Å². The maximum absolute atomic E-state index is 11.9. The van der Waals surface area contributed by atoms with E-state index in [1.54, 1.807) is 23.9 Å². The minimum absolute atomic E-state index is 0.0212. The second-order valence-electron chi connectivity index (χ2n) is 4.60. The second-order valence-corrected chi connectivity index (χ2v) is 6.04. The molecule has 0 aliphatic heterocycles. The SMILES string of the molecule is CC(C)CSCC(=O)c1cc2cccc(Cl)c2o1. The minimum Gasteiger partial charge on any atom is -0.451 e. The summed E-state index contributed by atoms with van der Waals surface area (Å²) in [7, 11) is 0. The molecule has 0 atom stereocenters. The average molecular weight is 283 g/mol. The van der Waals surface area contributed by atoms with Gasteiger partial charge in [-0.25, -0.2) is 0 Å². The number of furan rings is 1. The Bertz CT molecular complexity index is 560. The molecule has 0 fully saturated rings. The third-order valence-corrected chi connectivity index (χ3v) is 4.12. The van der Waals surface area contributed by atoms with Crippen molar-refractivity contribution in [2.45, 2.75) is 13.8 Å². The molecule has 0 saturated carbocycles. The van der Waals surface area contributed by atoms with Crippen LogP contribution in [0.4, 0.5) is 0 Å². The molecule has 1 aromatic heterocycles. The molecule has 0 bridgehead atoms. The van der Waals surface area contributed by atoms with E-state index in [0.717, 1.165) is 11.1 Å². The quantitative estimate of drug-likeness (QED) is 0.747. The lowest BCUT2D eigenvalue weighted by atomic mass is 10.2. The lowest BCUT2D eigenvalue weighted by molar-refractivity contribution is 0.0994. The number of para-hydroxylation sites is 1. The van der Waals surface area contributed by atoms with Crippen LogP contribution in [0, 0.1) is 5.92 Å². The van der Waals surface area contributed by atoms with Gasteiger partial charge < -0.3 is 4.42 Å². The van der Waals surface area contributed by atoms with E-state index in [9.17, 15) is 4.79 Å². The van der Waals surface area contributed by atoms with Gasteiger partial charge in [-0.3, -0.25) is 4.79 Å². The van der Waals surface area contributed by atoms with Gasteiger partial charge in [0.2, 0.25) is 5.78 Å². The zero-order valence-corrected chi connectivity index (χ0v) is 12.0. The summed E-state index contributed by atoms with van der Waals surface area (Å²) in [6.07, 6.45) is 0. The number of fused-ring (bicyclic) bond motifs is 1. The first-order chi connectivity index (χ1) is 8.58. The van der Waals surface area contributed by atoms with Crippen molar-refractivity contribution in [1.82, 2.24) is 0 Å². The number of halogens is 1. The summed E-state index contributed by atoms with van der Waals surface area (Å²) in [6, 6.07) is 7.26. The highest BCUT2D eigenvalue weighted by Gasteiger charge is 2.13. The first-order valence-electron chi connectivity index (χ1n) is 5.87. The van der Waals surface area contributed by atoms with Gasteiger partial charge in [-0.05, 0) is 23.8 Å². The van der Waals surface area contributed by atoms with Crippen LogP contribution in [-0.4, -0.2) is 17.3 Å². The third kappa shape index (κ3) is 3.09. The van der Waals surface area contributed by atoms with Gasteiger partial charge in [0.1, 0.15) is 0 Å². The number of rotatable bonds is 5. The van der Waals surface area contributed by atoms with E-state index in [4.69, 9.17) is 16.0 Å². The molecule has 0 spiro atoms. The third-order valence-electron chi connectivity index (χ3n) is 2.46. The van der Waals surface area contributed by atoms with Crippen LogP contribution in [0.3, 0.4) is 0 Å². The molecule has 2 rings (SSSR count). The van der Waals surface area contributed by atoms with Gasteiger partial charge in [-0.2, -0.15) is 11.8 Å². The van der Waals surface area contributed by atoms with E-state index >= 15 is 0 Å². The zero-order chi connectivity index (χ0) is 13.1. The van der Waals surface area contributed by atoms with Crippen LogP contribution in [0.1, 0.15) is 24.4 Å². The summed E-state index contributed by atoms with van der Waals surface area (Å²) < 4.78 is 5.52. The van der Waals surface area contributed by atoms with Crippen LogP contribution in [0.2, 0.25) is 5.02 Å². The molecule has 0 amide bonds. The maximum atomic E-state index is 11.9. The van der Waals surface area contributed by atoms with Gasteiger partial charge in [0.05, 0.1) is 10.8 Å². The highest BCUT2D eigenvalue weighted by molar-refractivity contribution is 7.99. The standard InChI is InChI=1S/C14H15ClO2S/c1-9(2)7-18-8-12(16)13-6-10-4-3-5-11(15)14(10)17-13/h3-6,9H,7-8H2,1-2H3. The first kappa shape index (κ1) is 13.5. The van der Waals surface area contributed by atoms with E-state index in [-0.39, 0.29) is 5.78 Å². The Labute approximate surface area is 116 Å². The zero-order valence-electron chi connectivity index (χ0n) is 10.4. The summed E-state index contributed by atoms with van der Waals surface area (Å²) >= 11 is 7.65. The fourth-order valence-corrected chi connectivity index (χ4v) is 2.76. The molecule has 0 saturated heterocycles. The molecule has 2 nitrogen and oxygen atoms in total. The number of hydrogen-bond acceptors (Lipinski definition) is 3.